The summed E-state index contributed by atoms with van der Waals surface area (Å²) in [7, 11) is 0. The molecule has 3 heteroatoms. The van der Waals surface area contributed by atoms with Crippen LogP contribution in [0, 0.1) is 34.6 Å². The van der Waals surface area contributed by atoms with E-state index in [0.717, 1.165) is 5.75 Å². The number of carbonyl (C=O) groups excluding carboxylic acids is 1. The van der Waals surface area contributed by atoms with Crippen LogP contribution < -0.4 is 0 Å². The Morgan fingerprint density at radius 2 is 1.29 bits per heavy atom. The smallest absolute Gasteiger partial charge is 0.525 e. The standard InChI is InChI=1S/C10H15.CClO.Ru/c1-6-7(2)9(4)10(5)8(6)3;2-1-3;/h1-5H3;;/q2*-1;+2. The molecule has 0 spiro atoms. The molecule has 0 saturated heterocycles. The van der Waals surface area contributed by atoms with E-state index in [-0.39, 0.29) is 19.5 Å². The fourth-order valence-electron chi connectivity index (χ4n) is 1.41. The van der Waals surface area contributed by atoms with Crippen LogP contribution in [0.15, 0.2) is 0 Å². The maximum Gasteiger partial charge on any atom is 2.00 e. The molecule has 0 amide bonds. The molecule has 0 fully saturated rings. The van der Waals surface area contributed by atoms with Gasteiger partial charge in [-0.1, -0.05) is 34.6 Å². The summed E-state index contributed by atoms with van der Waals surface area (Å²) in [6.07, 6.45) is 0. The van der Waals surface area contributed by atoms with Gasteiger partial charge in [-0.05, 0) is 0 Å². The van der Waals surface area contributed by atoms with Crippen LogP contribution in [0.5, 0.6) is 0 Å². The van der Waals surface area contributed by atoms with Gasteiger partial charge in [0, 0.05) is 0 Å². The Kier molecular flexibility index (Phi) is 8.48. The molecule has 1 aromatic rings. The van der Waals surface area contributed by atoms with Gasteiger partial charge in [-0.3, -0.25) is 0 Å². The normalized spacial score (nSPS) is 8.43. The molecule has 80 valence electrons. The summed E-state index contributed by atoms with van der Waals surface area (Å²) in [6, 6.07) is 0. The average Bonchev–Trinajstić information content (AvgIpc) is 2.25. The van der Waals surface area contributed by atoms with Crippen molar-refractivity contribution >= 4 is 17.3 Å². The van der Waals surface area contributed by atoms with Crippen LogP contribution in [0.1, 0.15) is 27.8 Å². The fraction of sp³-hybridized carbons (Fsp3) is 0.455. The maximum absolute atomic E-state index is 8.45. The summed E-state index contributed by atoms with van der Waals surface area (Å²) in [4.78, 5) is 8.45. The third-order valence-corrected chi connectivity index (χ3v) is 2.81. The second kappa shape index (κ2) is 7.25. The fourth-order valence-corrected chi connectivity index (χ4v) is 1.41. The van der Waals surface area contributed by atoms with Crippen molar-refractivity contribution in [1.29, 1.82) is 0 Å². The van der Waals surface area contributed by atoms with E-state index in [9.17, 15) is 0 Å². The first kappa shape index (κ1) is 16.4. The van der Waals surface area contributed by atoms with E-state index >= 15 is 0 Å². The molecule has 0 atom stereocenters. The predicted molar refractivity (Wildman–Crippen MR) is 57.3 cm³/mol. The van der Waals surface area contributed by atoms with Gasteiger partial charge in [0.1, 0.15) is 0 Å². The Hall–Kier alpha value is -0.0666. The van der Waals surface area contributed by atoms with Crippen LogP contribution in [-0.4, -0.2) is 5.75 Å². The molecule has 0 aliphatic carbocycles. The Morgan fingerprint density at radius 3 is 1.36 bits per heavy atom. The molecule has 1 rings (SSSR count). The van der Waals surface area contributed by atoms with E-state index in [4.69, 9.17) is 4.79 Å². The van der Waals surface area contributed by atoms with E-state index in [0.29, 0.717) is 0 Å². The molecule has 14 heavy (non-hydrogen) atoms. The molecule has 0 aliphatic heterocycles. The third kappa shape index (κ3) is 3.59. The van der Waals surface area contributed by atoms with Gasteiger partial charge < -0.3 is 16.4 Å². The topological polar surface area (TPSA) is 17.1 Å². The Bertz CT molecular complexity index is 222. The quantitative estimate of drug-likeness (QED) is 0.408. The summed E-state index contributed by atoms with van der Waals surface area (Å²) >= 11 is 4.19. The van der Waals surface area contributed by atoms with Crippen molar-refractivity contribution in [2.45, 2.75) is 34.6 Å². The first-order chi connectivity index (χ1) is 5.97. The second-order valence-electron chi connectivity index (χ2n) is 3.20. The zero-order chi connectivity index (χ0) is 10.6. The molecule has 1 nitrogen and oxygen atoms in total. The minimum absolute atomic E-state index is 0. The summed E-state index contributed by atoms with van der Waals surface area (Å²) in [5, 5.41) is 0. The van der Waals surface area contributed by atoms with Crippen molar-refractivity contribution in [2.24, 2.45) is 0 Å². The first-order valence-electron chi connectivity index (χ1n) is 4.14. The monoisotopic (exact) mass is 300 g/mol. The van der Waals surface area contributed by atoms with E-state index in [1.165, 1.54) is 27.8 Å². The zero-order valence-corrected chi connectivity index (χ0v) is 11.6. The Labute approximate surface area is 104 Å². The number of halogens is 1. The summed E-state index contributed by atoms with van der Waals surface area (Å²) in [6.45, 7) is 11.0. The van der Waals surface area contributed by atoms with E-state index in [2.05, 4.69) is 46.2 Å². The van der Waals surface area contributed by atoms with Crippen molar-refractivity contribution in [3.8, 4) is 0 Å². The van der Waals surface area contributed by atoms with Crippen molar-refractivity contribution < 1.29 is 24.3 Å². The predicted octanol–water partition coefficient (Wildman–Crippen LogP) is 3.24. The van der Waals surface area contributed by atoms with E-state index in [1.54, 1.807) is 0 Å². The van der Waals surface area contributed by atoms with Gasteiger partial charge in [-0.2, -0.15) is 33.6 Å². The van der Waals surface area contributed by atoms with Crippen LogP contribution >= 0.6 is 11.6 Å². The molecule has 0 unspecified atom stereocenters. The molecular weight excluding hydrogens is 285 g/mol. The summed E-state index contributed by atoms with van der Waals surface area (Å²) in [5.41, 5.74) is 7.34. The van der Waals surface area contributed by atoms with Crippen molar-refractivity contribution in [1.82, 2.24) is 0 Å². The third-order valence-electron chi connectivity index (χ3n) is 2.81. The molecule has 0 radical (unpaired) electrons. The van der Waals surface area contributed by atoms with E-state index < -0.39 is 0 Å². The van der Waals surface area contributed by atoms with Gasteiger partial charge in [0.2, 0.25) is 0 Å². The van der Waals surface area contributed by atoms with Crippen molar-refractivity contribution in [2.75, 3.05) is 0 Å². The van der Waals surface area contributed by atoms with Gasteiger partial charge in [0.05, 0.1) is 0 Å². The van der Waals surface area contributed by atoms with Crippen LogP contribution in [0.2, 0.25) is 0 Å². The molecule has 0 N–H and O–H groups in total. The minimum atomic E-state index is 0. The molecule has 1 aromatic carbocycles. The SMILES string of the molecule is Cc1c(C)c(C)[c-](C)c1C.O=[C-]Cl.[Ru+2]. The van der Waals surface area contributed by atoms with Crippen LogP contribution in [0.4, 0.5) is 0 Å². The molecule has 0 aliphatic rings. The molecule has 0 heterocycles. The first-order valence-corrected chi connectivity index (χ1v) is 4.52. The van der Waals surface area contributed by atoms with Crippen molar-refractivity contribution in [3.63, 3.8) is 0 Å². The van der Waals surface area contributed by atoms with Crippen LogP contribution in [0.3, 0.4) is 0 Å². The largest absolute Gasteiger partial charge is 2.00 e. The van der Waals surface area contributed by atoms with Gasteiger partial charge in [-0.25, -0.2) is 0 Å². The summed E-state index contributed by atoms with van der Waals surface area (Å²) < 4.78 is 0. The molecular formula is C11H15ClORu. The van der Waals surface area contributed by atoms with Crippen LogP contribution in [0.25, 0.3) is 0 Å². The zero-order valence-electron chi connectivity index (χ0n) is 9.14. The van der Waals surface area contributed by atoms with E-state index in [1.807, 2.05) is 0 Å². The Balaban J connectivity index is 0. The number of hydrogen-bond acceptors (Lipinski definition) is 1. The number of rotatable bonds is 0. The van der Waals surface area contributed by atoms with Crippen molar-refractivity contribution in [3.05, 3.63) is 27.8 Å². The average molecular weight is 300 g/mol. The summed E-state index contributed by atoms with van der Waals surface area (Å²) in [5.74, 6) is 0.972. The van der Waals surface area contributed by atoms with Gasteiger partial charge in [0.15, 0.2) is 0 Å². The molecule has 0 aromatic heterocycles. The molecule has 0 bridgehead atoms. The minimum Gasteiger partial charge on any atom is -0.525 e. The van der Waals surface area contributed by atoms with Gasteiger partial charge in [0.25, 0.3) is 0 Å². The number of hydrogen-bond donors (Lipinski definition) is 0. The Morgan fingerprint density at radius 1 is 1.07 bits per heavy atom. The van der Waals surface area contributed by atoms with Crippen LogP contribution in [-0.2, 0) is 24.3 Å². The van der Waals surface area contributed by atoms with Gasteiger partial charge >= 0.3 is 19.5 Å². The second-order valence-corrected chi connectivity index (χ2v) is 3.36. The van der Waals surface area contributed by atoms with Gasteiger partial charge in [-0.15, -0.1) is 0 Å². The molecule has 0 saturated carbocycles. The maximum atomic E-state index is 8.45.